The van der Waals surface area contributed by atoms with Crippen LogP contribution in [0.25, 0.3) is 0 Å². The van der Waals surface area contributed by atoms with Crippen molar-refractivity contribution in [3.05, 3.63) is 0 Å². The number of hydrogen-bond acceptors (Lipinski definition) is 2. The van der Waals surface area contributed by atoms with Crippen LogP contribution in [0.2, 0.25) is 0 Å². The fourth-order valence-corrected chi connectivity index (χ4v) is 2.73. The number of rotatable bonds is 3. The van der Waals surface area contributed by atoms with Crippen LogP contribution >= 0.6 is 0 Å². The lowest BCUT2D eigenvalue weighted by Crippen LogP contribution is -2.48. The van der Waals surface area contributed by atoms with Gasteiger partial charge in [-0.05, 0) is 31.7 Å². The minimum atomic E-state index is 0.636. The molecule has 1 heterocycles. The predicted octanol–water partition coefficient (Wildman–Crippen LogP) is 1.86. The summed E-state index contributed by atoms with van der Waals surface area (Å²) in [4.78, 5) is 2.70. The Morgan fingerprint density at radius 1 is 1.36 bits per heavy atom. The molecule has 3 unspecified atom stereocenters. The molecule has 1 saturated carbocycles. The van der Waals surface area contributed by atoms with Crippen molar-refractivity contribution in [1.82, 2.24) is 10.2 Å². The molecule has 0 aromatic heterocycles. The molecule has 0 spiro atoms. The summed E-state index contributed by atoms with van der Waals surface area (Å²) >= 11 is 0. The molecule has 0 aromatic rings. The fraction of sp³-hybridized carbons (Fsp3) is 1.00. The minimum Gasteiger partial charge on any atom is -0.311 e. The normalized spacial score (nSPS) is 39.0. The van der Waals surface area contributed by atoms with Crippen molar-refractivity contribution < 1.29 is 0 Å². The van der Waals surface area contributed by atoms with E-state index in [0.29, 0.717) is 6.04 Å². The first-order valence-electron chi connectivity index (χ1n) is 6.17. The third-order valence-electron chi connectivity index (χ3n) is 3.56. The summed E-state index contributed by atoms with van der Waals surface area (Å²) in [5, 5.41) is 3.67. The van der Waals surface area contributed by atoms with Gasteiger partial charge in [-0.3, -0.25) is 4.90 Å². The van der Waals surface area contributed by atoms with Gasteiger partial charge in [0.15, 0.2) is 0 Å². The third-order valence-corrected chi connectivity index (χ3v) is 3.56. The smallest absolute Gasteiger partial charge is 0.0197 e. The summed E-state index contributed by atoms with van der Waals surface area (Å²) in [5.41, 5.74) is 0. The minimum absolute atomic E-state index is 0.636. The van der Waals surface area contributed by atoms with E-state index in [9.17, 15) is 0 Å². The van der Waals surface area contributed by atoms with Crippen LogP contribution in [-0.2, 0) is 0 Å². The van der Waals surface area contributed by atoms with Crippen LogP contribution < -0.4 is 5.32 Å². The fourth-order valence-electron chi connectivity index (χ4n) is 2.73. The Balaban J connectivity index is 1.79. The zero-order valence-electron chi connectivity index (χ0n) is 9.79. The van der Waals surface area contributed by atoms with Crippen molar-refractivity contribution in [2.75, 3.05) is 13.1 Å². The van der Waals surface area contributed by atoms with Gasteiger partial charge >= 0.3 is 0 Å². The molecule has 2 nitrogen and oxygen atoms in total. The highest BCUT2D eigenvalue weighted by atomic mass is 15.2. The van der Waals surface area contributed by atoms with Crippen LogP contribution in [0.15, 0.2) is 0 Å². The standard InChI is InChI=1S/C12H24N2/c1-9(2)13-11-5-4-6-14(8-11)12-7-10(12)3/h9-13H,4-8H2,1-3H3. The molecule has 14 heavy (non-hydrogen) atoms. The van der Waals surface area contributed by atoms with Crippen molar-refractivity contribution in [3.8, 4) is 0 Å². The van der Waals surface area contributed by atoms with Gasteiger partial charge < -0.3 is 5.32 Å². The average molecular weight is 196 g/mol. The molecule has 2 rings (SSSR count). The van der Waals surface area contributed by atoms with E-state index in [1.54, 1.807) is 0 Å². The summed E-state index contributed by atoms with van der Waals surface area (Å²) in [6, 6.07) is 2.31. The van der Waals surface area contributed by atoms with Gasteiger partial charge in [0.2, 0.25) is 0 Å². The Morgan fingerprint density at radius 2 is 2.07 bits per heavy atom. The van der Waals surface area contributed by atoms with Crippen LogP contribution in [0.3, 0.4) is 0 Å². The third kappa shape index (κ3) is 2.48. The van der Waals surface area contributed by atoms with Gasteiger partial charge in [0, 0.05) is 24.7 Å². The summed E-state index contributed by atoms with van der Waals surface area (Å²) in [6.45, 7) is 9.50. The van der Waals surface area contributed by atoms with E-state index in [4.69, 9.17) is 0 Å². The summed E-state index contributed by atoms with van der Waals surface area (Å²) in [6.07, 6.45) is 4.19. The monoisotopic (exact) mass is 196 g/mol. The summed E-state index contributed by atoms with van der Waals surface area (Å²) in [7, 11) is 0. The number of nitrogens with one attached hydrogen (secondary N) is 1. The molecule has 2 aliphatic rings. The summed E-state index contributed by atoms with van der Waals surface area (Å²) < 4.78 is 0. The molecule has 0 amide bonds. The Bertz CT molecular complexity index is 191. The van der Waals surface area contributed by atoms with Crippen LogP contribution in [0.4, 0.5) is 0 Å². The summed E-state index contributed by atoms with van der Waals surface area (Å²) in [5.74, 6) is 0.966. The van der Waals surface area contributed by atoms with Gasteiger partial charge in [-0.1, -0.05) is 20.8 Å². The Kier molecular flexibility index (Phi) is 3.13. The highest BCUT2D eigenvalue weighted by Crippen LogP contribution is 2.36. The van der Waals surface area contributed by atoms with Crippen LogP contribution in [-0.4, -0.2) is 36.1 Å². The van der Waals surface area contributed by atoms with Crippen molar-refractivity contribution in [2.45, 2.75) is 58.2 Å². The number of nitrogens with zero attached hydrogens (tertiary/aromatic N) is 1. The molecular weight excluding hydrogens is 172 g/mol. The highest BCUT2D eigenvalue weighted by molar-refractivity contribution is 4.95. The van der Waals surface area contributed by atoms with Gasteiger partial charge in [0.05, 0.1) is 0 Å². The van der Waals surface area contributed by atoms with Crippen LogP contribution in [0.5, 0.6) is 0 Å². The van der Waals surface area contributed by atoms with E-state index in [2.05, 4.69) is 31.0 Å². The zero-order valence-corrected chi connectivity index (χ0v) is 9.79. The molecule has 1 N–H and O–H groups in total. The lowest BCUT2D eigenvalue weighted by molar-refractivity contribution is 0.172. The number of piperidine rings is 1. The molecule has 2 heteroatoms. The lowest BCUT2D eigenvalue weighted by Gasteiger charge is -2.34. The molecule has 0 bridgehead atoms. The van der Waals surface area contributed by atoms with E-state index in [1.165, 1.54) is 32.4 Å². The lowest BCUT2D eigenvalue weighted by atomic mass is 10.0. The van der Waals surface area contributed by atoms with E-state index in [1.807, 2.05) is 0 Å². The largest absolute Gasteiger partial charge is 0.311 e. The molecule has 1 aliphatic carbocycles. The van der Waals surface area contributed by atoms with Crippen molar-refractivity contribution in [3.63, 3.8) is 0 Å². The number of likely N-dealkylation sites (tertiary alicyclic amines) is 1. The van der Waals surface area contributed by atoms with Gasteiger partial charge in [-0.2, -0.15) is 0 Å². The molecule has 82 valence electrons. The van der Waals surface area contributed by atoms with Gasteiger partial charge in [-0.25, -0.2) is 0 Å². The van der Waals surface area contributed by atoms with E-state index >= 15 is 0 Å². The maximum Gasteiger partial charge on any atom is 0.0197 e. The molecule has 0 aromatic carbocycles. The van der Waals surface area contributed by atoms with E-state index in [0.717, 1.165) is 18.0 Å². The van der Waals surface area contributed by atoms with E-state index in [-0.39, 0.29) is 0 Å². The van der Waals surface area contributed by atoms with E-state index < -0.39 is 0 Å². The highest BCUT2D eigenvalue weighted by Gasteiger charge is 2.39. The number of hydrogen-bond donors (Lipinski definition) is 1. The topological polar surface area (TPSA) is 15.3 Å². The second kappa shape index (κ2) is 4.19. The first kappa shape index (κ1) is 10.4. The van der Waals surface area contributed by atoms with Crippen molar-refractivity contribution in [2.24, 2.45) is 5.92 Å². The van der Waals surface area contributed by atoms with Gasteiger partial charge in [-0.15, -0.1) is 0 Å². The van der Waals surface area contributed by atoms with Crippen LogP contribution in [0.1, 0.15) is 40.0 Å². The first-order chi connectivity index (χ1) is 6.66. The molecular formula is C12H24N2. The maximum atomic E-state index is 3.67. The Labute approximate surface area is 88.1 Å². The Hall–Kier alpha value is -0.0800. The SMILES string of the molecule is CC(C)NC1CCCN(C2CC2C)C1. The molecule has 1 saturated heterocycles. The second-order valence-electron chi connectivity index (χ2n) is 5.44. The molecule has 0 radical (unpaired) electrons. The second-order valence-corrected chi connectivity index (χ2v) is 5.44. The maximum absolute atomic E-state index is 3.67. The van der Waals surface area contributed by atoms with Crippen molar-refractivity contribution in [1.29, 1.82) is 0 Å². The quantitative estimate of drug-likeness (QED) is 0.741. The van der Waals surface area contributed by atoms with Gasteiger partial charge in [0.1, 0.15) is 0 Å². The predicted molar refractivity (Wildman–Crippen MR) is 60.4 cm³/mol. The molecule has 1 aliphatic heterocycles. The van der Waals surface area contributed by atoms with Crippen molar-refractivity contribution >= 4 is 0 Å². The molecule has 2 fully saturated rings. The average Bonchev–Trinajstić information content (AvgIpc) is 2.82. The first-order valence-corrected chi connectivity index (χ1v) is 6.17. The molecule has 3 atom stereocenters. The van der Waals surface area contributed by atoms with Crippen LogP contribution in [0, 0.1) is 5.92 Å². The zero-order chi connectivity index (χ0) is 10.1. The Morgan fingerprint density at radius 3 is 2.64 bits per heavy atom. The van der Waals surface area contributed by atoms with Gasteiger partial charge in [0.25, 0.3) is 0 Å².